The number of thioether (sulfide) groups is 1. The highest BCUT2D eigenvalue weighted by atomic mass is 32.2. The van der Waals surface area contributed by atoms with Gasteiger partial charge in [0.2, 0.25) is 4.96 Å². The Balaban J connectivity index is 1.31. The molecule has 1 aliphatic rings. The number of allylic oxidation sites excluding steroid dienone is 2. The summed E-state index contributed by atoms with van der Waals surface area (Å²) in [6.45, 7) is 0.568. The smallest absolute Gasteiger partial charge is 0.214 e. The monoisotopic (exact) mass is 447 g/mol. The lowest BCUT2D eigenvalue weighted by molar-refractivity contribution is 0.0991. The summed E-state index contributed by atoms with van der Waals surface area (Å²) in [5, 5.41) is 7.76. The fourth-order valence-electron chi connectivity index (χ4n) is 3.42. The van der Waals surface area contributed by atoms with Crippen LogP contribution >= 0.6 is 23.1 Å². The first-order valence-electron chi connectivity index (χ1n) is 9.56. The minimum absolute atomic E-state index is 0.103. The molecular weight excluding hydrogens is 430 g/mol. The van der Waals surface area contributed by atoms with Gasteiger partial charge in [-0.3, -0.25) is 9.59 Å². The first-order valence-corrected chi connectivity index (χ1v) is 11.4. The number of imidazole rings is 1. The number of hydrogen-bond donors (Lipinski definition) is 2. The Morgan fingerprint density at radius 1 is 1.06 bits per heavy atom. The zero-order chi connectivity index (χ0) is 21.4. The number of nitrogens with two attached hydrogens (primary N) is 1. The van der Waals surface area contributed by atoms with Crippen LogP contribution in [0.15, 0.2) is 65.0 Å². The van der Waals surface area contributed by atoms with Crippen molar-refractivity contribution in [1.29, 1.82) is 0 Å². The Hall–Kier alpha value is -3.43. The standard InChI is InChI=1S/C22H17N5O2S2/c23-14-7-5-13(6-8-14)19-21(27-22(26-19)31-12-25-27)24-9-10-30-18-11-17(28)15-3-1-2-4-16(15)20(18)29/h1-8,11-12,24H,9-10,23H2. The van der Waals surface area contributed by atoms with E-state index in [0.29, 0.717) is 34.0 Å². The summed E-state index contributed by atoms with van der Waals surface area (Å²) in [7, 11) is 0. The van der Waals surface area contributed by atoms with Crippen molar-refractivity contribution in [2.45, 2.75) is 0 Å². The maximum atomic E-state index is 12.7. The van der Waals surface area contributed by atoms with Gasteiger partial charge in [0.25, 0.3) is 0 Å². The highest BCUT2D eigenvalue weighted by Gasteiger charge is 2.25. The van der Waals surface area contributed by atoms with Gasteiger partial charge in [0.15, 0.2) is 17.4 Å². The van der Waals surface area contributed by atoms with Crippen LogP contribution in [0.5, 0.6) is 0 Å². The molecule has 0 radical (unpaired) electrons. The Labute approximate surface area is 186 Å². The molecule has 7 nitrogen and oxygen atoms in total. The lowest BCUT2D eigenvalue weighted by atomic mass is 9.95. The molecule has 3 N–H and O–H groups in total. The summed E-state index contributed by atoms with van der Waals surface area (Å²) in [5.74, 6) is 1.16. The van der Waals surface area contributed by atoms with E-state index in [1.165, 1.54) is 29.2 Å². The maximum absolute atomic E-state index is 12.7. The summed E-state index contributed by atoms with van der Waals surface area (Å²) in [6, 6.07) is 14.5. The van der Waals surface area contributed by atoms with Gasteiger partial charge in [-0.1, -0.05) is 47.7 Å². The zero-order valence-corrected chi connectivity index (χ0v) is 17.9. The first kappa shape index (κ1) is 19.5. The number of aromatic nitrogens is 3. The fraction of sp³-hybridized carbons (Fsp3) is 0.0909. The molecule has 0 amide bonds. The summed E-state index contributed by atoms with van der Waals surface area (Å²) in [4.78, 5) is 31.0. The summed E-state index contributed by atoms with van der Waals surface area (Å²) >= 11 is 2.83. The van der Waals surface area contributed by atoms with Gasteiger partial charge in [0, 0.05) is 40.8 Å². The number of nitrogen functional groups attached to an aromatic ring is 1. The number of carbonyl (C=O) groups is 2. The normalized spacial score (nSPS) is 13.4. The Bertz CT molecular complexity index is 1340. The maximum Gasteiger partial charge on any atom is 0.214 e. The van der Waals surface area contributed by atoms with E-state index in [0.717, 1.165) is 22.0 Å². The lowest BCUT2D eigenvalue weighted by Gasteiger charge is -2.14. The minimum atomic E-state index is -0.128. The second-order valence-corrected chi connectivity index (χ2v) is 8.84. The molecular formula is C22H17N5O2S2. The van der Waals surface area contributed by atoms with Crippen molar-refractivity contribution in [3.8, 4) is 11.3 Å². The second-order valence-electron chi connectivity index (χ2n) is 6.89. The average molecular weight is 448 g/mol. The molecule has 1 aliphatic carbocycles. The Kier molecular flexibility index (Phi) is 5.05. The SMILES string of the molecule is Nc1ccc(-c2nc3scnn3c2NCCSC2=CC(=O)c3ccccc3C2=O)cc1. The Morgan fingerprint density at radius 2 is 1.84 bits per heavy atom. The highest BCUT2D eigenvalue weighted by Crippen LogP contribution is 2.31. The number of carbonyl (C=O) groups excluding carboxylic acids is 2. The van der Waals surface area contributed by atoms with Crippen molar-refractivity contribution in [3.63, 3.8) is 0 Å². The average Bonchev–Trinajstić information content (AvgIpc) is 3.37. The van der Waals surface area contributed by atoms with E-state index in [1.54, 1.807) is 34.3 Å². The van der Waals surface area contributed by atoms with Crippen molar-refractivity contribution in [3.05, 3.63) is 76.1 Å². The van der Waals surface area contributed by atoms with Gasteiger partial charge < -0.3 is 11.1 Å². The Morgan fingerprint density at radius 3 is 2.65 bits per heavy atom. The molecule has 2 aromatic heterocycles. The highest BCUT2D eigenvalue weighted by molar-refractivity contribution is 8.04. The molecule has 0 saturated carbocycles. The molecule has 0 unspecified atom stereocenters. The summed E-state index contributed by atoms with van der Waals surface area (Å²) in [6.07, 6.45) is 1.44. The molecule has 0 bridgehead atoms. The molecule has 0 saturated heterocycles. The molecule has 4 aromatic rings. The van der Waals surface area contributed by atoms with E-state index >= 15 is 0 Å². The molecule has 2 aromatic carbocycles. The number of ketones is 2. The number of nitrogens with zero attached hydrogens (tertiary/aromatic N) is 3. The van der Waals surface area contributed by atoms with Gasteiger partial charge in [0.05, 0.1) is 4.91 Å². The third kappa shape index (κ3) is 3.62. The fourth-order valence-corrected chi connectivity index (χ4v) is 4.90. The van der Waals surface area contributed by atoms with Crippen LogP contribution in [0.4, 0.5) is 11.5 Å². The predicted molar refractivity (Wildman–Crippen MR) is 125 cm³/mol. The number of anilines is 2. The molecule has 0 aliphatic heterocycles. The molecule has 5 rings (SSSR count). The van der Waals surface area contributed by atoms with Gasteiger partial charge in [-0.05, 0) is 12.1 Å². The van der Waals surface area contributed by atoms with Crippen molar-refractivity contribution in [1.82, 2.24) is 14.6 Å². The van der Waals surface area contributed by atoms with E-state index < -0.39 is 0 Å². The van der Waals surface area contributed by atoms with E-state index in [1.807, 2.05) is 24.3 Å². The number of nitrogens with one attached hydrogen (secondary N) is 1. The third-order valence-corrected chi connectivity index (χ3v) is 6.60. The van der Waals surface area contributed by atoms with Crippen LogP contribution < -0.4 is 11.1 Å². The predicted octanol–water partition coefficient (Wildman–Crippen LogP) is 4.15. The van der Waals surface area contributed by atoms with Crippen LogP contribution in [0.3, 0.4) is 0 Å². The van der Waals surface area contributed by atoms with Crippen LogP contribution in [0.25, 0.3) is 16.2 Å². The van der Waals surface area contributed by atoms with Crippen molar-refractivity contribution in [2.24, 2.45) is 0 Å². The second kappa shape index (κ2) is 8.01. The number of Topliss-reactive ketones (excluding diaryl/α,β-unsaturated/α-hetero) is 1. The number of rotatable bonds is 6. The van der Waals surface area contributed by atoms with Gasteiger partial charge in [-0.2, -0.15) is 9.61 Å². The van der Waals surface area contributed by atoms with Crippen LogP contribution in [0.2, 0.25) is 0 Å². The lowest BCUT2D eigenvalue weighted by Crippen LogP contribution is -2.16. The van der Waals surface area contributed by atoms with E-state index in [2.05, 4.69) is 15.4 Å². The quantitative estimate of drug-likeness (QED) is 0.338. The van der Waals surface area contributed by atoms with Crippen LogP contribution in [-0.2, 0) is 0 Å². The molecule has 0 atom stereocenters. The molecule has 2 heterocycles. The van der Waals surface area contributed by atoms with E-state index in [-0.39, 0.29) is 11.6 Å². The zero-order valence-electron chi connectivity index (χ0n) is 16.2. The number of hydrogen-bond acceptors (Lipinski definition) is 8. The van der Waals surface area contributed by atoms with Crippen LogP contribution in [-0.4, -0.2) is 38.5 Å². The topological polar surface area (TPSA) is 102 Å². The summed E-state index contributed by atoms with van der Waals surface area (Å²) < 4.78 is 1.77. The van der Waals surface area contributed by atoms with Gasteiger partial charge in [0.1, 0.15) is 11.2 Å². The number of benzene rings is 2. The molecule has 154 valence electrons. The molecule has 9 heteroatoms. The van der Waals surface area contributed by atoms with Crippen LogP contribution in [0.1, 0.15) is 20.7 Å². The van der Waals surface area contributed by atoms with Crippen molar-refractivity contribution < 1.29 is 9.59 Å². The van der Waals surface area contributed by atoms with Gasteiger partial charge in [-0.15, -0.1) is 11.8 Å². The third-order valence-electron chi connectivity index (χ3n) is 4.90. The van der Waals surface area contributed by atoms with Crippen molar-refractivity contribution in [2.75, 3.05) is 23.3 Å². The molecule has 31 heavy (non-hydrogen) atoms. The van der Waals surface area contributed by atoms with Crippen molar-refractivity contribution >= 4 is 51.1 Å². The largest absolute Gasteiger partial charge is 0.399 e. The molecule has 0 fully saturated rings. The van der Waals surface area contributed by atoms with E-state index in [4.69, 9.17) is 5.73 Å². The van der Waals surface area contributed by atoms with Gasteiger partial charge >= 0.3 is 0 Å². The summed E-state index contributed by atoms with van der Waals surface area (Å²) in [5.41, 5.74) is 10.9. The van der Waals surface area contributed by atoms with Crippen LogP contribution in [0, 0.1) is 0 Å². The number of fused-ring (bicyclic) bond motifs is 2. The first-order chi connectivity index (χ1) is 15.1. The van der Waals surface area contributed by atoms with E-state index in [9.17, 15) is 9.59 Å². The molecule has 0 spiro atoms. The minimum Gasteiger partial charge on any atom is -0.399 e. The van der Waals surface area contributed by atoms with Gasteiger partial charge in [-0.25, -0.2) is 4.98 Å².